The molecule has 11 nitrogen and oxygen atoms in total. The minimum atomic E-state index is -0.798. The Hall–Kier alpha value is -5.16. The van der Waals surface area contributed by atoms with Crippen LogP contribution in [0, 0.1) is 0 Å². The average molecular weight is 670 g/mol. The lowest BCUT2D eigenvalue weighted by atomic mass is 10.0. The molecule has 0 saturated heterocycles. The number of aromatic nitrogens is 1. The summed E-state index contributed by atoms with van der Waals surface area (Å²) in [6.07, 6.45) is 3.15. The number of aliphatic carboxylic acids is 1. The molecule has 0 saturated carbocycles. The van der Waals surface area contributed by atoms with Crippen LogP contribution in [0.5, 0.6) is 0 Å². The van der Waals surface area contributed by atoms with Gasteiger partial charge in [0.05, 0.1) is 5.60 Å². The molecule has 0 aliphatic carbocycles. The minimum Gasteiger partial charge on any atom is -0.481 e. The number of hydrogen-bond acceptors (Lipinski definition) is 8. The van der Waals surface area contributed by atoms with Gasteiger partial charge in [0.15, 0.2) is 5.82 Å². The first-order valence-corrected chi connectivity index (χ1v) is 16.4. The van der Waals surface area contributed by atoms with E-state index in [1.807, 2.05) is 87.5 Å². The number of nitrogen functional groups attached to an aromatic ring is 1. The van der Waals surface area contributed by atoms with E-state index < -0.39 is 29.3 Å². The molecule has 5 N–H and O–H groups in total. The second kappa shape index (κ2) is 15.8. The standard InChI is InChI=1S/C38H47N5O6/c1-37(2,3)48-36(47)43(49-38(4,5)6)34-31-19-18-30(23-28(31)20-21-40-34)42-33(35(46)41-24-26-11-9-12-29(39)22-26)27-16-14-25(15-17-27)10-7-8-13-32(44)45/h9,11-12,14-23,33,42H,7-8,10,13,24,39H2,1-6H3,(H,41,46)(H,44,45). The van der Waals surface area contributed by atoms with Gasteiger partial charge in [0.2, 0.25) is 5.91 Å². The predicted octanol–water partition coefficient (Wildman–Crippen LogP) is 7.56. The Kier molecular flexibility index (Phi) is 11.8. The summed E-state index contributed by atoms with van der Waals surface area (Å²) < 4.78 is 5.64. The highest BCUT2D eigenvalue weighted by Crippen LogP contribution is 2.31. The number of amides is 2. The van der Waals surface area contributed by atoms with Gasteiger partial charge in [-0.15, -0.1) is 5.06 Å². The van der Waals surface area contributed by atoms with Gasteiger partial charge in [-0.2, -0.15) is 0 Å². The van der Waals surface area contributed by atoms with Crippen LogP contribution < -0.4 is 21.4 Å². The summed E-state index contributed by atoms with van der Waals surface area (Å²) in [5.74, 6) is -0.751. The first kappa shape index (κ1) is 36.7. The van der Waals surface area contributed by atoms with E-state index in [4.69, 9.17) is 20.4 Å². The van der Waals surface area contributed by atoms with Gasteiger partial charge in [0.25, 0.3) is 0 Å². The van der Waals surface area contributed by atoms with Crippen molar-refractivity contribution in [2.24, 2.45) is 0 Å². The summed E-state index contributed by atoms with van der Waals surface area (Å²) in [6.45, 7) is 11.2. The zero-order chi connectivity index (χ0) is 35.8. The zero-order valence-corrected chi connectivity index (χ0v) is 29.1. The summed E-state index contributed by atoms with van der Waals surface area (Å²) in [5.41, 5.74) is 8.45. The smallest absolute Gasteiger partial charge is 0.440 e. The summed E-state index contributed by atoms with van der Waals surface area (Å²) in [4.78, 5) is 48.4. The van der Waals surface area contributed by atoms with E-state index in [2.05, 4.69) is 15.6 Å². The quantitative estimate of drug-likeness (QED) is 0.0641. The number of aryl methyl sites for hydroxylation is 1. The number of ether oxygens (including phenoxy) is 1. The monoisotopic (exact) mass is 669 g/mol. The zero-order valence-electron chi connectivity index (χ0n) is 29.1. The number of carbonyl (C=O) groups excluding carboxylic acids is 2. The van der Waals surface area contributed by atoms with Crippen LogP contribution in [0.4, 0.5) is 22.0 Å². The van der Waals surface area contributed by atoms with Gasteiger partial charge in [0.1, 0.15) is 11.6 Å². The van der Waals surface area contributed by atoms with Gasteiger partial charge in [-0.25, -0.2) is 9.78 Å². The van der Waals surface area contributed by atoms with Crippen LogP contribution >= 0.6 is 0 Å². The lowest BCUT2D eigenvalue weighted by Crippen LogP contribution is -2.42. The molecule has 3 aromatic carbocycles. The number of nitrogens with zero attached hydrogens (tertiary/aromatic N) is 2. The Bertz CT molecular complexity index is 1760. The largest absolute Gasteiger partial charge is 0.481 e. The fourth-order valence-corrected chi connectivity index (χ4v) is 5.10. The molecule has 11 heteroatoms. The van der Waals surface area contributed by atoms with E-state index in [0.717, 1.165) is 40.0 Å². The Balaban J connectivity index is 1.63. The molecule has 0 aliphatic heterocycles. The highest BCUT2D eigenvalue weighted by molar-refractivity contribution is 6.00. The van der Waals surface area contributed by atoms with E-state index in [1.165, 1.54) is 0 Å². The average Bonchev–Trinajstić information content (AvgIpc) is 3.02. The maximum Gasteiger partial charge on any atom is 0.440 e. The molecule has 49 heavy (non-hydrogen) atoms. The van der Waals surface area contributed by atoms with Crippen molar-refractivity contribution in [1.82, 2.24) is 10.3 Å². The number of rotatable bonds is 13. The van der Waals surface area contributed by atoms with Crippen molar-refractivity contribution in [3.63, 3.8) is 0 Å². The van der Waals surface area contributed by atoms with Crippen molar-refractivity contribution in [1.29, 1.82) is 0 Å². The Morgan fingerprint density at radius 3 is 2.29 bits per heavy atom. The molecule has 0 fully saturated rings. The second-order valence-electron chi connectivity index (χ2n) is 13.9. The highest BCUT2D eigenvalue weighted by atomic mass is 16.7. The SMILES string of the molecule is CC(C)(C)OC(=O)N(OC(C)(C)C)c1nccc2cc(NC(C(=O)NCc3cccc(N)c3)c3ccc(CCCCC(=O)O)cc3)ccc12. The molecular formula is C38H47N5O6. The van der Waals surface area contributed by atoms with Crippen LogP contribution in [-0.4, -0.2) is 39.3 Å². The lowest BCUT2D eigenvalue weighted by molar-refractivity contribution is -0.137. The van der Waals surface area contributed by atoms with Crippen molar-refractivity contribution in [3.05, 3.63) is 95.7 Å². The first-order valence-electron chi connectivity index (χ1n) is 16.4. The fourth-order valence-electron chi connectivity index (χ4n) is 5.10. The normalized spacial score (nSPS) is 12.3. The molecule has 1 atom stereocenters. The number of carboxylic acids is 1. The molecular weight excluding hydrogens is 622 g/mol. The number of hydrogen-bond donors (Lipinski definition) is 4. The lowest BCUT2D eigenvalue weighted by Gasteiger charge is -2.31. The van der Waals surface area contributed by atoms with Crippen molar-refractivity contribution in [2.45, 2.75) is 91.0 Å². The molecule has 0 aliphatic rings. The number of carboxylic acid groups (broad SMARTS) is 1. The molecule has 1 aromatic heterocycles. The number of pyridine rings is 1. The fraction of sp³-hybridized carbons (Fsp3) is 0.368. The van der Waals surface area contributed by atoms with Crippen molar-refractivity contribution < 1.29 is 29.1 Å². The van der Waals surface area contributed by atoms with Gasteiger partial charge in [-0.3, -0.25) is 14.4 Å². The van der Waals surface area contributed by atoms with E-state index in [9.17, 15) is 14.4 Å². The third kappa shape index (κ3) is 11.2. The Morgan fingerprint density at radius 2 is 1.63 bits per heavy atom. The summed E-state index contributed by atoms with van der Waals surface area (Å²) in [5, 5.41) is 17.9. The third-order valence-corrected chi connectivity index (χ3v) is 7.27. The molecule has 1 heterocycles. The number of benzene rings is 3. The molecule has 260 valence electrons. The maximum absolute atomic E-state index is 13.7. The van der Waals surface area contributed by atoms with E-state index in [1.54, 1.807) is 33.0 Å². The minimum absolute atomic E-state index is 0.142. The number of anilines is 3. The van der Waals surface area contributed by atoms with Crippen LogP contribution in [-0.2, 0) is 32.1 Å². The number of carbonyl (C=O) groups is 3. The highest BCUT2D eigenvalue weighted by Gasteiger charge is 2.31. The van der Waals surface area contributed by atoms with Crippen molar-refractivity contribution >= 4 is 45.9 Å². The van der Waals surface area contributed by atoms with Crippen LogP contribution in [0.2, 0.25) is 0 Å². The molecule has 2 amide bonds. The Morgan fingerprint density at radius 1 is 0.898 bits per heavy atom. The third-order valence-electron chi connectivity index (χ3n) is 7.27. The molecule has 0 radical (unpaired) electrons. The van der Waals surface area contributed by atoms with Crippen LogP contribution in [0.25, 0.3) is 10.8 Å². The van der Waals surface area contributed by atoms with Gasteiger partial charge >= 0.3 is 12.1 Å². The topological polar surface area (TPSA) is 156 Å². The Labute approximate surface area is 287 Å². The molecule has 0 bridgehead atoms. The van der Waals surface area contributed by atoms with E-state index >= 15 is 0 Å². The number of hydroxylamine groups is 1. The van der Waals surface area contributed by atoms with Crippen LogP contribution in [0.15, 0.2) is 79.0 Å². The van der Waals surface area contributed by atoms with Gasteiger partial charge in [-0.1, -0.05) is 36.4 Å². The van der Waals surface area contributed by atoms with E-state index in [0.29, 0.717) is 29.7 Å². The van der Waals surface area contributed by atoms with E-state index in [-0.39, 0.29) is 18.1 Å². The number of fused-ring (bicyclic) bond motifs is 1. The number of unbranched alkanes of at least 4 members (excludes halogenated alkanes) is 1. The maximum atomic E-state index is 13.7. The first-order chi connectivity index (χ1) is 23.1. The van der Waals surface area contributed by atoms with Crippen molar-refractivity contribution in [3.8, 4) is 0 Å². The van der Waals surface area contributed by atoms with Crippen LogP contribution in [0.1, 0.15) is 83.5 Å². The summed E-state index contributed by atoms with van der Waals surface area (Å²) in [7, 11) is 0. The summed E-state index contributed by atoms with van der Waals surface area (Å²) >= 11 is 0. The predicted molar refractivity (Wildman–Crippen MR) is 192 cm³/mol. The summed E-state index contributed by atoms with van der Waals surface area (Å²) in [6, 6.07) is 21.7. The number of nitrogens with one attached hydrogen (secondary N) is 2. The molecule has 0 spiro atoms. The van der Waals surface area contributed by atoms with Crippen molar-refractivity contribution in [2.75, 3.05) is 16.1 Å². The van der Waals surface area contributed by atoms with Crippen LogP contribution in [0.3, 0.4) is 0 Å². The molecule has 4 aromatic rings. The molecule has 4 rings (SSSR count). The second-order valence-corrected chi connectivity index (χ2v) is 13.9. The number of nitrogens with two attached hydrogens (primary N) is 1. The van der Waals surface area contributed by atoms with Gasteiger partial charge in [-0.05, 0) is 119 Å². The molecule has 1 unspecified atom stereocenters. The van der Waals surface area contributed by atoms with Gasteiger partial charge in [0, 0.05) is 35.9 Å². The van der Waals surface area contributed by atoms with Gasteiger partial charge < -0.3 is 26.2 Å².